The molecule has 308 valence electrons. The lowest BCUT2D eigenvalue weighted by Crippen LogP contribution is -2.58. The molecule has 2 aliphatic rings. The highest BCUT2D eigenvalue weighted by Crippen LogP contribution is 2.44. The first kappa shape index (κ1) is 42.4. The molecule has 0 bridgehead atoms. The van der Waals surface area contributed by atoms with Gasteiger partial charge in [0.15, 0.2) is 11.5 Å². The number of nitrogens with two attached hydrogens (primary N) is 1. The van der Waals surface area contributed by atoms with Crippen molar-refractivity contribution in [1.29, 1.82) is 0 Å². The Hall–Kier alpha value is -4.16. The second-order valence-electron chi connectivity index (χ2n) is 16.6. The lowest BCUT2D eigenvalue weighted by molar-refractivity contribution is -0.152. The molecular formula is C43H60N7O6P. The topological polar surface area (TPSA) is 173 Å². The molecule has 4 N–H and O–H groups in total. The van der Waals surface area contributed by atoms with E-state index in [1.54, 1.807) is 24.7 Å². The number of imidazole rings is 1. The quantitative estimate of drug-likeness (QED) is 0.0635. The Labute approximate surface area is 336 Å². The van der Waals surface area contributed by atoms with Crippen molar-refractivity contribution in [3.63, 3.8) is 0 Å². The van der Waals surface area contributed by atoms with Crippen LogP contribution in [0.5, 0.6) is 0 Å². The van der Waals surface area contributed by atoms with E-state index < -0.39 is 36.6 Å². The van der Waals surface area contributed by atoms with Crippen LogP contribution >= 0.6 is 7.44 Å². The molecule has 14 heteroatoms. The Kier molecular flexibility index (Phi) is 14.5. The molecule has 0 aliphatic heterocycles. The standard InChI is InChI=1S/C43H60N7O6P/c1-32(26-50-30-47-37-38(44)45-29-46-39(37)50)56-31-57(53,48-42(2,24-33-16-8-4-9-17-33)40(51)54-27-35-20-12-6-13-21-35)49-43(3,25-34-18-10-5-11-19-34)41(52)55-28-36-22-14-7-15-23-36/h4-5,8-11,16-19,29-30,32,35-36H,6-7,12-15,20-28,31H2,1-3H3,(H2,44,45,46)(H2,48,49,53)/t32-,42+,43+/m1/s1. The largest absolute Gasteiger partial charge is 0.464 e. The highest BCUT2D eigenvalue weighted by molar-refractivity contribution is 7.59. The van der Waals surface area contributed by atoms with Gasteiger partial charge in [-0.05, 0) is 69.4 Å². The molecule has 2 aromatic carbocycles. The summed E-state index contributed by atoms with van der Waals surface area (Å²) < 4.78 is 36.1. The van der Waals surface area contributed by atoms with E-state index in [0.717, 1.165) is 62.5 Å². The number of aromatic nitrogens is 4. The van der Waals surface area contributed by atoms with Crippen molar-refractivity contribution in [3.8, 4) is 0 Å². The third-order valence-electron chi connectivity index (χ3n) is 11.3. The number of ether oxygens (including phenoxy) is 3. The molecule has 2 heterocycles. The zero-order valence-corrected chi connectivity index (χ0v) is 34.6. The van der Waals surface area contributed by atoms with Crippen LogP contribution in [-0.4, -0.2) is 68.2 Å². The normalized spacial score (nSPS) is 18.4. The number of anilines is 1. The van der Waals surface area contributed by atoms with E-state index in [9.17, 15) is 9.59 Å². The zero-order chi connectivity index (χ0) is 40.3. The Balaban J connectivity index is 1.31. The molecule has 0 unspecified atom stereocenters. The van der Waals surface area contributed by atoms with Crippen LogP contribution in [0, 0.1) is 11.8 Å². The third kappa shape index (κ3) is 11.7. The summed E-state index contributed by atoms with van der Waals surface area (Å²) in [6, 6.07) is 19.2. The van der Waals surface area contributed by atoms with Crippen molar-refractivity contribution in [2.75, 3.05) is 25.3 Å². The molecule has 6 rings (SSSR count). The van der Waals surface area contributed by atoms with Crippen LogP contribution < -0.4 is 15.9 Å². The average molecular weight is 802 g/mol. The van der Waals surface area contributed by atoms with Gasteiger partial charge in [-0.15, -0.1) is 0 Å². The molecule has 2 saturated carbocycles. The summed E-state index contributed by atoms with van der Waals surface area (Å²) in [6.07, 6.45) is 13.4. The molecule has 4 aromatic rings. The van der Waals surface area contributed by atoms with Crippen LogP contribution in [0.3, 0.4) is 0 Å². The van der Waals surface area contributed by atoms with Gasteiger partial charge in [-0.25, -0.2) is 25.1 Å². The first-order chi connectivity index (χ1) is 27.4. The Morgan fingerprint density at radius 3 is 1.77 bits per heavy atom. The van der Waals surface area contributed by atoms with Crippen LogP contribution in [0.2, 0.25) is 0 Å². The molecule has 2 aromatic heterocycles. The highest BCUT2D eigenvalue weighted by Gasteiger charge is 2.47. The average Bonchev–Trinajstić information content (AvgIpc) is 3.63. The van der Waals surface area contributed by atoms with Crippen molar-refractivity contribution in [3.05, 3.63) is 84.4 Å². The van der Waals surface area contributed by atoms with E-state index in [4.69, 9.17) is 19.9 Å². The minimum absolute atomic E-state index is 0.183. The second-order valence-corrected chi connectivity index (χ2v) is 18.8. The minimum atomic E-state index is -4.05. The fourth-order valence-electron chi connectivity index (χ4n) is 8.22. The van der Waals surface area contributed by atoms with Crippen molar-refractivity contribution in [2.45, 2.75) is 122 Å². The van der Waals surface area contributed by atoms with E-state index in [1.165, 1.54) is 19.2 Å². The van der Waals surface area contributed by atoms with Gasteiger partial charge in [-0.2, -0.15) is 0 Å². The number of hydrogen-bond donors (Lipinski definition) is 3. The monoisotopic (exact) mass is 801 g/mol. The lowest BCUT2D eigenvalue weighted by Gasteiger charge is -2.39. The summed E-state index contributed by atoms with van der Waals surface area (Å²) in [4.78, 5) is 41.5. The molecule has 13 nitrogen and oxygen atoms in total. The Morgan fingerprint density at radius 2 is 1.28 bits per heavy atom. The van der Waals surface area contributed by atoms with Crippen LogP contribution in [0.1, 0.15) is 96.1 Å². The number of carbonyl (C=O) groups is 2. The van der Waals surface area contributed by atoms with Gasteiger partial charge in [0.2, 0.25) is 7.44 Å². The fraction of sp³-hybridized carbons (Fsp3) is 0.558. The van der Waals surface area contributed by atoms with Crippen molar-refractivity contribution < 1.29 is 28.4 Å². The van der Waals surface area contributed by atoms with Gasteiger partial charge in [-0.1, -0.05) is 99.2 Å². The van der Waals surface area contributed by atoms with E-state index >= 15 is 4.57 Å². The van der Waals surface area contributed by atoms with E-state index in [1.807, 2.05) is 67.6 Å². The van der Waals surface area contributed by atoms with Gasteiger partial charge < -0.3 is 24.5 Å². The first-order valence-corrected chi connectivity index (χ1v) is 22.5. The fourth-order valence-corrected chi connectivity index (χ4v) is 10.8. The summed E-state index contributed by atoms with van der Waals surface area (Å²) in [5.74, 6) is -0.194. The summed E-state index contributed by atoms with van der Waals surface area (Å²) in [6.45, 7) is 6.19. The molecule has 3 atom stereocenters. The maximum absolute atomic E-state index is 15.8. The molecule has 57 heavy (non-hydrogen) atoms. The predicted molar refractivity (Wildman–Crippen MR) is 221 cm³/mol. The van der Waals surface area contributed by atoms with Crippen molar-refractivity contribution in [1.82, 2.24) is 29.7 Å². The second kappa shape index (κ2) is 19.5. The molecule has 0 saturated heterocycles. The van der Waals surface area contributed by atoms with Crippen molar-refractivity contribution in [2.24, 2.45) is 11.8 Å². The van der Waals surface area contributed by atoms with Gasteiger partial charge in [-0.3, -0.25) is 14.2 Å². The van der Waals surface area contributed by atoms with Crippen LogP contribution in [0.25, 0.3) is 11.2 Å². The first-order valence-electron chi connectivity index (χ1n) is 20.6. The number of fused-ring (bicyclic) bond motifs is 1. The summed E-state index contributed by atoms with van der Waals surface area (Å²) >= 11 is 0. The number of rotatable bonds is 19. The highest BCUT2D eigenvalue weighted by atomic mass is 31.2. The smallest absolute Gasteiger partial charge is 0.326 e. The number of hydrogen-bond acceptors (Lipinski definition) is 10. The SMILES string of the molecule is C[C@H](Cn1cnc2c(N)ncnc21)OCP(=O)(N[C@@](C)(Cc1ccccc1)C(=O)OCC1CCCCC1)N[C@@](C)(Cc1ccccc1)C(=O)OCC1CCCCC1. The molecule has 2 fully saturated rings. The van der Waals surface area contributed by atoms with Gasteiger partial charge >= 0.3 is 11.9 Å². The summed E-state index contributed by atoms with van der Waals surface area (Å²) in [7, 11) is -4.05. The van der Waals surface area contributed by atoms with Gasteiger partial charge in [0, 0.05) is 12.8 Å². The number of nitrogens with one attached hydrogen (secondary N) is 2. The predicted octanol–water partition coefficient (Wildman–Crippen LogP) is 7.39. The summed E-state index contributed by atoms with van der Waals surface area (Å²) in [5, 5.41) is 6.55. The number of nitrogen functional groups attached to an aromatic ring is 1. The molecule has 0 radical (unpaired) electrons. The number of nitrogens with zero attached hydrogens (tertiary/aromatic N) is 4. The molecule has 2 aliphatic carbocycles. The van der Waals surface area contributed by atoms with Crippen LogP contribution in [-0.2, 0) is 47.8 Å². The molecular weight excluding hydrogens is 741 g/mol. The van der Waals surface area contributed by atoms with Crippen LogP contribution in [0.15, 0.2) is 73.3 Å². The molecule has 0 amide bonds. The number of carbonyl (C=O) groups excluding carboxylic acids is 2. The van der Waals surface area contributed by atoms with Gasteiger partial charge in [0.1, 0.15) is 29.3 Å². The van der Waals surface area contributed by atoms with E-state index in [2.05, 4.69) is 25.1 Å². The lowest BCUT2D eigenvalue weighted by atomic mass is 9.90. The number of esters is 2. The van der Waals surface area contributed by atoms with Gasteiger partial charge in [0.25, 0.3) is 0 Å². The summed E-state index contributed by atoms with van der Waals surface area (Å²) in [5.41, 5.74) is 5.82. The van der Waals surface area contributed by atoms with Gasteiger partial charge in [0.05, 0.1) is 32.2 Å². The third-order valence-corrected chi connectivity index (χ3v) is 13.6. The zero-order valence-electron chi connectivity index (χ0n) is 33.7. The molecule has 0 spiro atoms. The minimum Gasteiger partial charge on any atom is -0.464 e. The number of benzene rings is 2. The Bertz CT molecular complexity index is 1860. The van der Waals surface area contributed by atoms with Crippen LogP contribution in [0.4, 0.5) is 5.82 Å². The van der Waals surface area contributed by atoms with Crippen molar-refractivity contribution >= 4 is 36.4 Å². The van der Waals surface area contributed by atoms with E-state index in [0.29, 0.717) is 30.9 Å². The maximum atomic E-state index is 15.8. The maximum Gasteiger partial charge on any atom is 0.326 e. The Morgan fingerprint density at radius 1 is 0.789 bits per heavy atom. The van der Waals surface area contributed by atoms with E-state index in [-0.39, 0.29) is 36.8 Å².